The first-order chi connectivity index (χ1) is 14.0. The molecular weight excluding hydrogens is 368 g/mol. The van der Waals surface area contributed by atoms with Gasteiger partial charge in [-0.05, 0) is 39.0 Å². The van der Waals surface area contributed by atoms with Gasteiger partial charge in [0.15, 0.2) is 5.82 Å². The van der Waals surface area contributed by atoms with Crippen LogP contribution in [0.15, 0.2) is 18.2 Å². The minimum Gasteiger partial charge on any atom is -0.377 e. The van der Waals surface area contributed by atoms with Crippen LogP contribution < -0.4 is 10.2 Å². The van der Waals surface area contributed by atoms with Crippen LogP contribution >= 0.6 is 0 Å². The number of hydrogen-bond acceptors (Lipinski definition) is 7. The van der Waals surface area contributed by atoms with E-state index >= 15 is 0 Å². The second-order valence-corrected chi connectivity index (χ2v) is 8.18. The van der Waals surface area contributed by atoms with E-state index in [1.54, 1.807) is 0 Å². The quantitative estimate of drug-likeness (QED) is 0.706. The van der Waals surface area contributed by atoms with Crippen molar-refractivity contribution in [2.75, 3.05) is 37.0 Å². The SMILES string of the molecule is CNc1nc2cc(-c3nc(N4CCOCC4C)c4c(n3)C(C)(C)OC4)ccc2[nH]1. The first-order valence-corrected chi connectivity index (χ1v) is 10.0. The predicted octanol–water partition coefficient (Wildman–Crippen LogP) is 3.05. The Morgan fingerprint density at radius 3 is 2.90 bits per heavy atom. The molecule has 1 unspecified atom stereocenters. The van der Waals surface area contributed by atoms with Crippen molar-refractivity contribution in [2.45, 2.75) is 39.0 Å². The molecular formula is C21H26N6O2. The van der Waals surface area contributed by atoms with Crippen molar-refractivity contribution in [3.8, 4) is 11.4 Å². The molecule has 29 heavy (non-hydrogen) atoms. The van der Waals surface area contributed by atoms with Gasteiger partial charge >= 0.3 is 0 Å². The fourth-order valence-corrected chi connectivity index (χ4v) is 4.10. The van der Waals surface area contributed by atoms with Gasteiger partial charge in [-0.3, -0.25) is 0 Å². The van der Waals surface area contributed by atoms with Crippen molar-refractivity contribution in [1.82, 2.24) is 19.9 Å². The first kappa shape index (κ1) is 18.3. The summed E-state index contributed by atoms with van der Waals surface area (Å²) in [6, 6.07) is 6.35. The van der Waals surface area contributed by atoms with E-state index in [9.17, 15) is 0 Å². The first-order valence-electron chi connectivity index (χ1n) is 10.0. The summed E-state index contributed by atoms with van der Waals surface area (Å²) < 4.78 is 11.7. The largest absolute Gasteiger partial charge is 0.377 e. The summed E-state index contributed by atoms with van der Waals surface area (Å²) in [7, 11) is 1.85. The number of nitrogens with one attached hydrogen (secondary N) is 2. The van der Waals surface area contributed by atoms with E-state index in [1.165, 1.54) is 0 Å². The van der Waals surface area contributed by atoms with Crippen LogP contribution in [0.4, 0.5) is 11.8 Å². The number of aromatic amines is 1. The molecule has 0 saturated carbocycles. The highest BCUT2D eigenvalue weighted by molar-refractivity contribution is 5.82. The van der Waals surface area contributed by atoms with Crippen LogP contribution in [0.3, 0.4) is 0 Å². The van der Waals surface area contributed by atoms with Gasteiger partial charge in [0.05, 0.1) is 42.6 Å². The Bertz CT molecular complexity index is 1080. The lowest BCUT2D eigenvalue weighted by Gasteiger charge is -2.35. The summed E-state index contributed by atoms with van der Waals surface area (Å²) in [5, 5.41) is 3.04. The maximum Gasteiger partial charge on any atom is 0.200 e. The molecule has 8 nitrogen and oxygen atoms in total. The van der Waals surface area contributed by atoms with Crippen LogP contribution in [0.2, 0.25) is 0 Å². The second-order valence-electron chi connectivity index (χ2n) is 8.18. The van der Waals surface area contributed by atoms with Crippen molar-refractivity contribution in [1.29, 1.82) is 0 Å². The minimum atomic E-state index is -0.437. The van der Waals surface area contributed by atoms with Crippen molar-refractivity contribution >= 4 is 22.8 Å². The number of ether oxygens (including phenoxy) is 2. The Hall–Kier alpha value is -2.71. The highest BCUT2D eigenvalue weighted by atomic mass is 16.5. The van der Waals surface area contributed by atoms with Gasteiger partial charge in [-0.2, -0.15) is 0 Å². The van der Waals surface area contributed by atoms with E-state index in [2.05, 4.69) is 41.0 Å². The number of aromatic nitrogens is 4. The molecule has 0 bridgehead atoms. The molecule has 1 aromatic carbocycles. The number of hydrogen-bond donors (Lipinski definition) is 2. The molecule has 2 aliphatic heterocycles. The van der Waals surface area contributed by atoms with Gasteiger partial charge in [0.25, 0.3) is 0 Å². The summed E-state index contributed by atoms with van der Waals surface area (Å²) in [5.74, 6) is 2.40. The molecule has 1 saturated heterocycles. The molecule has 5 rings (SSSR count). The standard InChI is InChI=1S/C21H26N6O2/c1-12-10-28-8-7-27(12)19-14-11-29-21(2,3)17(14)25-18(26-19)13-5-6-15-16(9-13)24-20(22-4)23-15/h5-6,9,12H,7-8,10-11H2,1-4H3,(H2,22,23,24). The van der Waals surface area contributed by atoms with Gasteiger partial charge in [0.2, 0.25) is 5.95 Å². The van der Waals surface area contributed by atoms with Gasteiger partial charge < -0.3 is 24.7 Å². The van der Waals surface area contributed by atoms with E-state index in [0.29, 0.717) is 25.6 Å². The zero-order valence-electron chi connectivity index (χ0n) is 17.2. The fourth-order valence-electron chi connectivity index (χ4n) is 4.10. The van der Waals surface area contributed by atoms with E-state index in [-0.39, 0.29) is 6.04 Å². The Labute approximate surface area is 169 Å². The molecule has 1 fully saturated rings. The summed E-state index contributed by atoms with van der Waals surface area (Å²) in [4.78, 5) is 20.1. The number of nitrogens with zero attached hydrogens (tertiary/aromatic N) is 4. The Balaban J connectivity index is 1.66. The molecule has 2 aromatic heterocycles. The van der Waals surface area contributed by atoms with Crippen LogP contribution in [0, 0.1) is 0 Å². The third-order valence-corrected chi connectivity index (χ3v) is 5.75. The van der Waals surface area contributed by atoms with Crippen LogP contribution in [0.1, 0.15) is 32.0 Å². The zero-order valence-corrected chi connectivity index (χ0v) is 17.2. The average molecular weight is 394 g/mol. The zero-order chi connectivity index (χ0) is 20.2. The monoisotopic (exact) mass is 394 g/mol. The van der Waals surface area contributed by atoms with Gasteiger partial charge in [0.1, 0.15) is 11.4 Å². The second kappa shape index (κ2) is 6.67. The summed E-state index contributed by atoms with van der Waals surface area (Å²) >= 11 is 0. The van der Waals surface area contributed by atoms with Crippen molar-refractivity contribution in [3.63, 3.8) is 0 Å². The Morgan fingerprint density at radius 2 is 2.10 bits per heavy atom. The molecule has 1 atom stereocenters. The van der Waals surface area contributed by atoms with Gasteiger partial charge in [-0.1, -0.05) is 0 Å². The molecule has 3 aromatic rings. The number of anilines is 2. The van der Waals surface area contributed by atoms with E-state index in [1.807, 2.05) is 25.2 Å². The van der Waals surface area contributed by atoms with Crippen LogP contribution in [0.5, 0.6) is 0 Å². The van der Waals surface area contributed by atoms with Crippen LogP contribution in [0.25, 0.3) is 22.4 Å². The van der Waals surface area contributed by atoms with Crippen molar-refractivity contribution in [3.05, 3.63) is 29.5 Å². The lowest BCUT2D eigenvalue weighted by molar-refractivity contribution is -0.0100. The van der Waals surface area contributed by atoms with E-state index in [0.717, 1.165) is 46.2 Å². The van der Waals surface area contributed by atoms with Crippen molar-refractivity contribution in [2.24, 2.45) is 0 Å². The number of H-pyrrole nitrogens is 1. The van der Waals surface area contributed by atoms with Gasteiger partial charge in [0, 0.05) is 24.7 Å². The molecule has 0 radical (unpaired) electrons. The smallest absolute Gasteiger partial charge is 0.200 e. The normalized spacial score (nSPS) is 20.8. The van der Waals surface area contributed by atoms with Crippen molar-refractivity contribution < 1.29 is 9.47 Å². The maximum absolute atomic E-state index is 6.07. The fraction of sp³-hybridized carbons (Fsp3) is 0.476. The predicted molar refractivity (Wildman–Crippen MR) is 112 cm³/mol. The number of morpholine rings is 1. The lowest BCUT2D eigenvalue weighted by atomic mass is 10.0. The number of benzene rings is 1. The molecule has 2 aliphatic rings. The molecule has 4 heterocycles. The topological polar surface area (TPSA) is 88.2 Å². The maximum atomic E-state index is 6.07. The minimum absolute atomic E-state index is 0.256. The Morgan fingerprint density at radius 1 is 1.24 bits per heavy atom. The molecule has 2 N–H and O–H groups in total. The number of imidazole rings is 1. The third-order valence-electron chi connectivity index (χ3n) is 5.75. The lowest BCUT2D eigenvalue weighted by Crippen LogP contribution is -2.44. The van der Waals surface area contributed by atoms with Gasteiger partial charge in [-0.15, -0.1) is 0 Å². The molecule has 0 amide bonds. The summed E-state index contributed by atoms with van der Waals surface area (Å²) in [6.07, 6.45) is 0. The number of fused-ring (bicyclic) bond motifs is 2. The molecule has 8 heteroatoms. The molecule has 152 valence electrons. The highest BCUT2D eigenvalue weighted by Crippen LogP contribution is 2.40. The number of rotatable bonds is 3. The Kier molecular flexibility index (Phi) is 4.22. The highest BCUT2D eigenvalue weighted by Gasteiger charge is 2.38. The third kappa shape index (κ3) is 3.03. The van der Waals surface area contributed by atoms with E-state index in [4.69, 9.17) is 19.4 Å². The van der Waals surface area contributed by atoms with E-state index < -0.39 is 5.60 Å². The van der Waals surface area contributed by atoms with Crippen LogP contribution in [-0.2, 0) is 21.7 Å². The summed E-state index contributed by atoms with van der Waals surface area (Å²) in [5.41, 5.74) is 4.42. The van der Waals surface area contributed by atoms with Crippen LogP contribution in [-0.4, -0.2) is 52.8 Å². The molecule has 0 aliphatic carbocycles. The van der Waals surface area contributed by atoms with Gasteiger partial charge in [-0.25, -0.2) is 15.0 Å². The average Bonchev–Trinajstić information content (AvgIpc) is 3.27. The molecule has 0 spiro atoms. The summed E-state index contributed by atoms with van der Waals surface area (Å²) in [6.45, 7) is 9.05.